The van der Waals surface area contributed by atoms with Gasteiger partial charge in [-0.15, -0.1) is 0 Å². The van der Waals surface area contributed by atoms with Gasteiger partial charge in [-0.05, 0) is 18.2 Å². The standard InChI is InChI=1S/C11H11FN2OS/c12-10-1-2-11(9(7-10)8-13)14-3-5-16(15)6-4-14/h1-2,7H,3-6H2. The summed E-state index contributed by atoms with van der Waals surface area (Å²) in [5, 5.41) is 8.92. The van der Waals surface area contributed by atoms with Crippen molar-refractivity contribution in [3.63, 3.8) is 0 Å². The van der Waals surface area contributed by atoms with Crippen molar-refractivity contribution >= 4 is 16.5 Å². The molecule has 1 aliphatic rings. The summed E-state index contributed by atoms with van der Waals surface area (Å²) in [6.45, 7) is 1.32. The van der Waals surface area contributed by atoms with Crippen LogP contribution < -0.4 is 4.90 Å². The summed E-state index contributed by atoms with van der Waals surface area (Å²) in [6.07, 6.45) is 0. The molecule has 1 aliphatic heterocycles. The Bertz CT molecular complexity index is 460. The van der Waals surface area contributed by atoms with Crippen molar-refractivity contribution in [3.8, 4) is 6.07 Å². The average molecular weight is 238 g/mol. The number of nitrogens with zero attached hydrogens (tertiary/aromatic N) is 2. The van der Waals surface area contributed by atoms with E-state index in [1.54, 1.807) is 6.07 Å². The maximum atomic E-state index is 12.9. The third kappa shape index (κ3) is 2.22. The van der Waals surface area contributed by atoms with E-state index < -0.39 is 16.6 Å². The van der Waals surface area contributed by atoms with E-state index >= 15 is 0 Å². The van der Waals surface area contributed by atoms with Gasteiger partial charge in [0.05, 0.1) is 11.3 Å². The SMILES string of the molecule is N#Cc1cc(F)ccc1N1CCS(=O)CC1. The van der Waals surface area contributed by atoms with Crippen LogP contribution in [-0.2, 0) is 10.8 Å². The van der Waals surface area contributed by atoms with Crippen LogP contribution in [0.1, 0.15) is 5.56 Å². The molecule has 0 aliphatic carbocycles. The van der Waals surface area contributed by atoms with Gasteiger partial charge < -0.3 is 4.90 Å². The molecule has 0 atom stereocenters. The number of nitriles is 1. The molecule has 0 amide bonds. The Labute approximate surface area is 95.9 Å². The number of benzene rings is 1. The van der Waals surface area contributed by atoms with Gasteiger partial charge in [0.1, 0.15) is 11.9 Å². The van der Waals surface area contributed by atoms with Crippen molar-refractivity contribution in [1.82, 2.24) is 0 Å². The lowest BCUT2D eigenvalue weighted by Gasteiger charge is -2.29. The topological polar surface area (TPSA) is 44.1 Å². The maximum Gasteiger partial charge on any atom is 0.124 e. The normalized spacial score (nSPS) is 17.1. The highest BCUT2D eigenvalue weighted by Gasteiger charge is 2.18. The lowest BCUT2D eigenvalue weighted by molar-refractivity contribution is 0.626. The molecule has 1 heterocycles. The average Bonchev–Trinajstić information content (AvgIpc) is 2.30. The maximum absolute atomic E-state index is 12.9. The van der Waals surface area contributed by atoms with E-state index in [0.29, 0.717) is 30.2 Å². The van der Waals surface area contributed by atoms with Gasteiger partial charge in [0.15, 0.2) is 0 Å². The van der Waals surface area contributed by atoms with Crippen LogP contribution >= 0.6 is 0 Å². The predicted octanol–water partition coefficient (Wildman–Crippen LogP) is 1.27. The van der Waals surface area contributed by atoms with Gasteiger partial charge in [-0.2, -0.15) is 5.26 Å². The van der Waals surface area contributed by atoms with E-state index in [0.717, 1.165) is 5.69 Å². The lowest BCUT2D eigenvalue weighted by atomic mass is 10.1. The molecule has 1 aromatic carbocycles. The number of hydrogen-bond donors (Lipinski definition) is 0. The number of anilines is 1. The fourth-order valence-electron chi connectivity index (χ4n) is 1.75. The third-order valence-electron chi connectivity index (χ3n) is 2.60. The summed E-state index contributed by atoms with van der Waals surface area (Å²) in [5.74, 6) is 0.825. The molecule has 0 bridgehead atoms. The number of halogens is 1. The van der Waals surface area contributed by atoms with E-state index in [4.69, 9.17) is 5.26 Å². The second-order valence-electron chi connectivity index (χ2n) is 3.61. The zero-order valence-electron chi connectivity index (χ0n) is 8.65. The van der Waals surface area contributed by atoms with Crippen molar-refractivity contribution < 1.29 is 8.60 Å². The van der Waals surface area contributed by atoms with Crippen LogP contribution in [0.4, 0.5) is 10.1 Å². The third-order valence-corrected chi connectivity index (χ3v) is 3.87. The molecule has 0 radical (unpaired) electrons. The molecule has 84 valence electrons. The molecule has 0 unspecified atom stereocenters. The van der Waals surface area contributed by atoms with Crippen LogP contribution in [0.2, 0.25) is 0 Å². The van der Waals surface area contributed by atoms with Crippen molar-refractivity contribution in [2.24, 2.45) is 0 Å². The quantitative estimate of drug-likeness (QED) is 0.740. The largest absolute Gasteiger partial charge is 0.369 e. The van der Waals surface area contributed by atoms with E-state index in [-0.39, 0.29) is 0 Å². The summed E-state index contributed by atoms with van der Waals surface area (Å²) >= 11 is 0. The van der Waals surface area contributed by atoms with Crippen LogP contribution in [0.25, 0.3) is 0 Å². The first-order valence-electron chi connectivity index (χ1n) is 5.00. The molecule has 16 heavy (non-hydrogen) atoms. The molecule has 1 fully saturated rings. The van der Waals surface area contributed by atoms with Crippen LogP contribution in [0.3, 0.4) is 0 Å². The molecule has 2 rings (SSSR count). The van der Waals surface area contributed by atoms with Gasteiger partial charge in [0, 0.05) is 35.4 Å². The predicted molar refractivity (Wildman–Crippen MR) is 61.2 cm³/mol. The van der Waals surface area contributed by atoms with Gasteiger partial charge in [0.2, 0.25) is 0 Å². The molecule has 0 aromatic heterocycles. The van der Waals surface area contributed by atoms with Crippen LogP contribution in [0.5, 0.6) is 0 Å². The Hall–Kier alpha value is -1.41. The monoisotopic (exact) mass is 238 g/mol. The van der Waals surface area contributed by atoms with Crippen molar-refractivity contribution in [3.05, 3.63) is 29.6 Å². The zero-order chi connectivity index (χ0) is 11.5. The van der Waals surface area contributed by atoms with Gasteiger partial charge in [-0.25, -0.2) is 4.39 Å². The highest BCUT2D eigenvalue weighted by Crippen LogP contribution is 2.22. The molecule has 0 N–H and O–H groups in total. The first kappa shape index (κ1) is 11.1. The van der Waals surface area contributed by atoms with Crippen molar-refractivity contribution in [2.75, 3.05) is 29.5 Å². The Kier molecular flexibility index (Phi) is 3.20. The molecule has 1 aromatic rings. The van der Waals surface area contributed by atoms with E-state index in [2.05, 4.69) is 0 Å². The Morgan fingerprint density at radius 3 is 2.69 bits per heavy atom. The van der Waals surface area contributed by atoms with E-state index in [1.807, 2.05) is 11.0 Å². The molecular weight excluding hydrogens is 227 g/mol. The lowest BCUT2D eigenvalue weighted by Crippen LogP contribution is -2.38. The van der Waals surface area contributed by atoms with Gasteiger partial charge in [-0.1, -0.05) is 0 Å². The van der Waals surface area contributed by atoms with Crippen molar-refractivity contribution in [2.45, 2.75) is 0 Å². The molecule has 3 nitrogen and oxygen atoms in total. The summed E-state index contributed by atoms with van der Waals surface area (Å²) in [7, 11) is -0.746. The Morgan fingerprint density at radius 2 is 2.06 bits per heavy atom. The minimum absolute atomic E-state index is 0.340. The summed E-state index contributed by atoms with van der Waals surface area (Å²) < 4.78 is 24.2. The number of hydrogen-bond acceptors (Lipinski definition) is 3. The minimum Gasteiger partial charge on any atom is -0.369 e. The van der Waals surface area contributed by atoms with Gasteiger partial charge in [0.25, 0.3) is 0 Å². The second kappa shape index (κ2) is 4.62. The summed E-state index contributed by atoms with van der Waals surface area (Å²) in [4.78, 5) is 1.99. The Balaban J connectivity index is 2.27. The fourth-order valence-corrected chi connectivity index (χ4v) is 2.80. The molecule has 0 spiro atoms. The summed E-state index contributed by atoms with van der Waals surface area (Å²) in [5.41, 5.74) is 1.08. The molecular formula is C11H11FN2OS. The van der Waals surface area contributed by atoms with Gasteiger partial charge >= 0.3 is 0 Å². The Morgan fingerprint density at radius 1 is 1.38 bits per heavy atom. The molecule has 0 saturated carbocycles. The van der Waals surface area contributed by atoms with E-state index in [1.165, 1.54) is 12.1 Å². The highest BCUT2D eigenvalue weighted by molar-refractivity contribution is 7.85. The zero-order valence-corrected chi connectivity index (χ0v) is 9.47. The van der Waals surface area contributed by atoms with Crippen LogP contribution in [-0.4, -0.2) is 28.8 Å². The van der Waals surface area contributed by atoms with Crippen LogP contribution in [0, 0.1) is 17.1 Å². The number of rotatable bonds is 1. The summed E-state index contributed by atoms with van der Waals surface area (Å²) in [6, 6.07) is 6.19. The molecule has 1 saturated heterocycles. The highest BCUT2D eigenvalue weighted by atomic mass is 32.2. The minimum atomic E-state index is -0.746. The smallest absolute Gasteiger partial charge is 0.124 e. The van der Waals surface area contributed by atoms with Crippen LogP contribution in [0.15, 0.2) is 18.2 Å². The van der Waals surface area contributed by atoms with Gasteiger partial charge in [-0.3, -0.25) is 4.21 Å². The molecule has 5 heteroatoms. The fraction of sp³-hybridized carbons (Fsp3) is 0.364. The first-order valence-corrected chi connectivity index (χ1v) is 6.49. The second-order valence-corrected chi connectivity index (χ2v) is 5.30. The first-order chi connectivity index (χ1) is 7.70. The van der Waals surface area contributed by atoms with E-state index in [9.17, 15) is 8.60 Å². The van der Waals surface area contributed by atoms with Crippen molar-refractivity contribution in [1.29, 1.82) is 5.26 Å².